The van der Waals surface area contributed by atoms with Gasteiger partial charge in [0, 0.05) is 32.7 Å². The van der Waals surface area contributed by atoms with Crippen molar-refractivity contribution < 1.29 is 9.84 Å². The topological polar surface area (TPSA) is 82.3 Å². The molecule has 27 heavy (non-hydrogen) atoms. The summed E-state index contributed by atoms with van der Waals surface area (Å²) in [4.78, 5) is 11.7. The Kier molecular flexibility index (Phi) is 5.60. The van der Waals surface area contributed by atoms with E-state index in [0.717, 1.165) is 89.3 Å². The third kappa shape index (κ3) is 4.25. The summed E-state index contributed by atoms with van der Waals surface area (Å²) in [6, 6.07) is 2.30. The molecule has 1 aliphatic carbocycles. The van der Waals surface area contributed by atoms with Crippen LogP contribution in [0, 0.1) is 22.7 Å². The molecule has 2 aliphatic heterocycles. The minimum atomic E-state index is -0.136. The van der Waals surface area contributed by atoms with Crippen LogP contribution in [0.1, 0.15) is 62.8 Å². The number of nitriles is 1. The Morgan fingerprint density at radius 1 is 1.22 bits per heavy atom. The quantitative estimate of drug-likeness (QED) is 0.881. The number of anilines is 1. The second-order valence-corrected chi connectivity index (χ2v) is 8.65. The molecule has 4 rings (SSSR count). The minimum Gasteiger partial charge on any atom is -0.393 e. The van der Waals surface area contributed by atoms with E-state index in [2.05, 4.69) is 16.0 Å². The van der Waals surface area contributed by atoms with Crippen molar-refractivity contribution in [1.29, 1.82) is 5.26 Å². The van der Waals surface area contributed by atoms with Gasteiger partial charge in [-0.05, 0) is 62.7 Å². The first-order valence-electron chi connectivity index (χ1n) is 10.4. The number of ether oxygens (including phenoxy) is 1. The van der Waals surface area contributed by atoms with Crippen molar-refractivity contribution in [2.24, 2.45) is 11.3 Å². The molecule has 1 N–H and O–H groups in total. The molecule has 3 fully saturated rings. The first-order chi connectivity index (χ1) is 13.2. The van der Waals surface area contributed by atoms with Crippen LogP contribution in [0.15, 0.2) is 6.20 Å². The molecule has 1 saturated carbocycles. The number of aliphatic hydroxyl groups is 1. The molecule has 1 spiro atoms. The molecule has 3 heterocycles. The van der Waals surface area contributed by atoms with Crippen LogP contribution in [-0.2, 0) is 11.2 Å². The molecule has 6 heteroatoms. The van der Waals surface area contributed by atoms with Crippen molar-refractivity contribution in [3.05, 3.63) is 17.6 Å². The summed E-state index contributed by atoms with van der Waals surface area (Å²) in [5, 5.41) is 19.3. The van der Waals surface area contributed by atoms with Gasteiger partial charge in [0.2, 0.25) is 0 Å². The number of piperidine rings is 1. The Morgan fingerprint density at radius 3 is 2.74 bits per heavy atom. The summed E-state index contributed by atoms with van der Waals surface area (Å²) < 4.78 is 5.58. The Morgan fingerprint density at radius 2 is 2.00 bits per heavy atom. The van der Waals surface area contributed by atoms with Crippen molar-refractivity contribution in [2.45, 2.75) is 63.9 Å². The van der Waals surface area contributed by atoms with E-state index in [9.17, 15) is 10.4 Å². The van der Waals surface area contributed by atoms with Crippen LogP contribution in [0.4, 0.5) is 5.82 Å². The van der Waals surface area contributed by atoms with E-state index in [1.165, 1.54) is 6.42 Å². The predicted molar refractivity (Wildman–Crippen MR) is 102 cm³/mol. The molecular weight excluding hydrogens is 340 g/mol. The van der Waals surface area contributed by atoms with Gasteiger partial charge in [-0.1, -0.05) is 0 Å². The molecule has 2 saturated heterocycles. The second kappa shape index (κ2) is 8.12. The average Bonchev–Trinajstić information content (AvgIpc) is 2.70. The van der Waals surface area contributed by atoms with Gasteiger partial charge >= 0.3 is 0 Å². The lowest BCUT2D eigenvalue weighted by atomic mass is 9.74. The van der Waals surface area contributed by atoms with Crippen molar-refractivity contribution in [1.82, 2.24) is 9.97 Å². The largest absolute Gasteiger partial charge is 0.393 e. The maximum absolute atomic E-state index is 9.71. The third-order valence-electron chi connectivity index (χ3n) is 6.74. The van der Waals surface area contributed by atoms with E-state index in [0.29, 0.717) is 16.9 Å². The molecule has 1 aromatic rings. The zero-order valence-corrected chi connectivity index (χ0v) is 16.1. The molecule has 0 bridgehead atoms. The van der Waals surface area contributed by atoms with Crippen LogP contribution in [-0.4, -0.2) is 47.5 Å². The van der Waals surface area contributed by atoms with E-state index in [1.807, 2.05) is 0 Å². The Balaban J connectivity index is 1.51. The molecular formula is C21H30N4O2. The molecule has 0 unspecified atom stereocenters. The number of rotatable bonds is 3. The number of aromatic nitrogens is 2. The molecule has 0 atom stereocenters. The molecule has 0 amide bonds. The van der Waals surface area contributed by atoms with E-state index in [1.54, 1.807) is 6.20 Å². The molecule has 1 aromatic heterocycles. The Hall–Kier alpha value is -1.71. The first-order valence-corrected chi connectivity index (χ1v) is 10.4. The number of hydrogen-bond acceptors (Lipinski definition) is 6. The lowest BCUT2D eigenvalue weighted by Crippen LogP contribution is -2.46. The summed E-state index contributed by atoms with van der Waals surface area (Å²) in [5.41, 5.74) is 0.898. The predicted octanol–water partition coefficient (Wildman–Crippen LogP) is 2.84. The SMILES string of the molecule is N#Cc1cnc(CC2CCC(O)CC2)nc1N1CCCC2(CCOCC2)C1. The average molecular weight is 370 g/mol. The normalized spacial score (nSPS) is 28.1. The van der Waals surface area contributed by atoms with Crippen molar-refractivity contribution in [3.63, 3.8) is 0 Å². The smallest absolute Gasteiger partial charge is 0.150 e. The molecule has 0 aromatic carbocycles. The van der Waals surface area contributed by atoms with Gasteiger partial charge in [-0.2, -0.15) is 5.26 Å². The fourth-order valence-corrected chi connectivity index (χ4v) is 5.03. The highest BCUT2D eigenvalue weighted by Crippen LogP contribution is 2.40. The second-order valence-electron chi connectivity index (χ2n) is 8.65. The fourth-order valence-electron chi connectivity index (χ4n) is 5.03. The van der Waals surface area contributed by atoms with E-state index >= 15 is 0 Å². The Labute approximate surface area is 161 Å². The lowest BCUT2D eigenvalue weighted by Gasteiger charge is -2.45. The van der Waals surface area contributed by atoms with Crippen molar-refractivity contribution in [3.8, 4) is 6.07 Å². The van der Waals surface area contributed by atoms with Gasteiger partial charge in [0.1, 0.15) is 23.3 Å². The van der Waals surface area contributed by atoms with Crippen LogP contribution in [0.25, 0.3) is 0 Å². The summed E-state index contributed by atoms with van der Waals surface area (Å²) in [7, 11) is 0. The molecule has 0 radical (unpaired) electrons. The maximum atomic E-state index is 9.71. The van der Waals surface area contributed by atoms with Crippen molar-refractivity contribution in [2.75, 3.05) is 31.2 Å². The lowest BCUT2D eigenvalue weighted by molar-refractivity contribution is 0.00745. The van der Waals surface area contributed by atoms with E-state index in [-0.39, 0.29) is 6.10 Å². The molecule has 146 valence electrons. The van der Waals surface area contributed by atoms with Gasteiger partial charge in [-0.3, -0.25) is 0 Å². The van der Waals surface area contributed by atoms with Crippen molar-refractivity contribution >= 4 is 5.82 Å². The maximum Gasteiger partial charge on any atom is 0.150 e. The van der Waals surface area contributed by atoms with Gasteiger partial charge in [-0.25, -0.2) is 9.97 Å². The van der Waals surface area contributed by atoms with Crippen LogP contribution in [0.5, 0.6) is 0 Å². The van der Waals surface area contributed by atoms with Gasteiger partial charge in [0.05, 0.1) is 12.3 Å². The monoisotopic (exact) mass is 370 g/mol. The summed E-state index contributed by atoms with van der Waals surface area (Å²) >= 11 is 0. The van der Waals surface area contributed by atoms with Gasteiger partial charge < -0.3 is 14.7 Å². The Bertz CT molecular complexity index is 682. The zero-order valence-electron chi connectivity index (χ0n) is 16.1. The molecule has 6 nitrogen and oxygen atoms in total. The highest BCUT2D eigenvalue weighted by molar-refractivity contribution is 5.53. The summed E-state index contributed by atoms with van der Waals surface area (Å²) in [5.74, 6) is 2.21. The summed E-state index contributed by atoms with van der Waals surface area (Å²) in [6.07, 6.45) is 10.8. The van der Waals surface area contributed by atoms with Gasteiger partial charge in [0.25, 0.3) is 0 Å². The highest BCUT2D eigenvalue weighted by Gasteiger charge is 2.38. The van der Waals surface area contributed by atoms with Crippen LogP contribution >= 0.6 is 0 Å². The molecule has 3 aliphatic rings. The van der Waals surface area contributed by atoms with Crippen LogP contribution < -0.4 is 4.90 Å². The number of hydrogen-bond donors (Lipinski definition) is 1. The van der Waals surface area contributed by atoms with Gasteiger partial charge in [0.15, 0.2) is 0 Å². The van der Waals surface area contributed by atoms with Crippen LogP contribution in [0.3, 0.4) is 0 Å². The fraction of sp³-hybridized carbons (Fsp3) is 0.762. The summed E-state index contributed by atoms with van der Waals surface area (Å²) in [6.45, 7) is 3.63. The minimum absolute atomic E-state index is 0.136. The van der Waals surface area contributed by atoms with E-state index < -0.39 is 0 Å². The highest BCUT2D eigenvalue weighted by atomic mass is 16.5. The number of aliphatic hydroxyl groups excluding tert-OH is 1. The van der Waals surface area contributed by atoms with E-state index in [4.69, 9.17) is 9.72 Å². The standard InChI is InChI=1S/C21H30N4O2/c22-13-17-14-23-19(12-16-2-4-18(26)5-3-16)24-20(17)25-9-1-6-21(15-25)7-10-27-11-8-21/h14,16,18,26H,1-12,15H2. The van der Waals surface area contributed by atoms with Crippen LogP contribution in [0.2, 0.25) is 0 Å². The first kappa shape index (κ1) is 18.6. The van der Waals surface area contributed by atoms with Gasteiger partial charge in [-0.15, -0.1) is 0 Å². The third-order valence-corrected chi connectivity index (χ3v) is 6.74. The number of nitrogens with zero attached hydrogens (tertiary/aromatic N) is 4. The zero-order chi connectivity index (χ0) is 18.7.